The molecule has 0 spiro atoms. The number of hydrazone groups is 1. The molecule has 0 atom stereocenters. The summed E-state index contributed by atoms with van der Waals surface area (Å²) in [5, 5.41) is 6.64. The van der Waals surface area contributed by atoms with Crippen molar-refractivity contribution in [2.45, 2.75) is 13.3 Å². The van der Waals surface area contributed by atoms with Gasteiger partial charge in [0.25, 0.3) is 0 Å². The molecule has 1 heterocycles. The fourth-order valence-corrected chi connectivity index (χ4v) is 3.42. The summed E-state index contributed by atoms with van der Waals surface area (Å²) in [4.78, 5) is 27.7. The standard InChI is InChI=1S/C22H21N3O4S/c1-3-29-20(26)12-18-14-30-22(24-18)25-23-13-17-7-4-5-10-19(17)15-8-6-9-16(11-15)21(27)28-2/h4-11,13-14H,3,12H2,1-2H3,(H,24,25). The van der Waals surface area contributed by atoms with Crippen molar-refractivity contribution in [3.05, 3.63) is 70.7 Å². The van der Waals surface area contributed by atoms with Crippen molar-refractivity contribution in [2.24, 2.45) is 5.10 Å². The highest BCUT2D eigenvalue weighted by atomic mass is 32.1. The predicted molar refractivity (Wildman–Crippen MR) is 117 cm³/mol. The summed E-state index contributed by atoms with van der Waals surface area (Å²) in [5.74, 6) is -0.687. The number of carbonyl (C=O) groups is 2. The van der Waals surface area contributed by atoms with Crippen LogP contribution in [0.4, 0.5) is 5.13 Å². The van der Waals surface area contributed by atoms with E-state index >= 15 is 0 Å². The van der Waals surface area contributed by atoms with Gasteiger partial charge in [0.2, 0.25) is 5.13 Å². The molecule has 0 saturated carbocycles. The highest BCUT2D eigenvalue weighted by molar-refractivity contribution is 7.13. The number of benzene rings is 2. The lowest BCUT2D eigenvalue weighted by molar-refractivity contribution is -0.142. The van der Waals surface area contributed by atoms with Gasteiger partial charge in [-0.2, -0.15) is 5.10 Å². The average molecular weight is 423 g/mol. The van der Waals surface area contributed by atoms with Crippen molar-refractivity contribution in [1.82, 2.24) is 4.98 Å². The van der Waals surface area contributed by atoms with Crippen LogP contribution in [0.1, 0.15) is 28.5 Å². The molecule has 0 fully saturated rings. The Labute approximate surface area is 178 Å². The Morgan fingerprint density at radius 2 is 2.03 bits per heavy atom. The van der Waals surface area contributed by atoms with Crippen LogP contribution < -0.4 is 5.43 Å². The van der Waals surface area contributed by atoms with Gasteiger partial charge in [0, 0.05) is 10.9 Å². The summed E-state index contributed by atoms with van der Waals surface area (Å²) in [6, 6.07) is 15.0. The first-order valence-corrected chi connectivity index (χ1v) is 10.2. The highest BCUT2D eigenvalue weighted by Gasteiger charge is 2.10. The van der Waals surface area contributed by atoms with Gasteiger partial charge in [0.1, 0.15) is 0 Å². The third kappa shape index (κ3) is 5.51. The number of ether oxygens (including phenoxy) is 2. The molecule has 154 valence electrons. The number of anilines is 1. The van der Waals surface area contributed by atoms with Crippen LogP contribution in [0.3, 0.4) is 0 Å². The van der Waals surface area contributed by atoms with Crippen molar-refractivity contribution in [3.63, 3.8) is 0 Å². The van der Waals surface area contributed by atoms with Gasteiger partial charge in [-0.05, 0) is 30.2 Å². The van der Waals surface area contributed by atoms with Crippen LogP contribution in [-0.4, -0.2) is 36.9 Å². The fraction of sp³-hybridized carbons (Fsp3) is 0.182. The number of methoxy groups -OCH3 is 1. The molecule has 0 aliphatic rings. The maximum absolute atomic E-state index is 11.8. The smallest absolute Gasteiger partial charge is 0.337 e. The minimum absolute atomic E-state index is 0.134. The van der Waals surface area contributed by atoms with Crippen LogP contribution >= 0.6 is 11.3 Å². The van der Waals surface area contributed by atoms with Crippen LogP contribution in [0.5, 0.6) is 0 Å². The molecule has 2 aromatic carbocycles. The Balaban J connectivity index is 1.73. The number of hydrogen-bond acceptors (Lipinski definition) is 8. The number of aromatic nitrogens is 1. The largest absolute Gasteiger partial charge is 0.466 e. The third-order valence-corrected chi connectivity index (χ3v) is 4.90. The minimum Gasteiger partial charge on any atom is -0.466 e. The first kappa shape index (κ1) is 21.2. The van der Waals surface area contributed by atoms with E-state index in [1.807, 2.05) is 36.4 Å². The Kier molecular flexibility index (Phi) is 7.29. The minimum atomic E-state index is -0.382. The third-order valence-electron chi connectivity index (χ3n) is 4.10. The lowest BCUT2D eigenvalue weighted by Gasteiger charge is -2.07. The number of esters is 2. The molecule has 3 aromatic rings. The Morgan fingerprint density at radius 1 is 1.20 bits per heavy atom. The Hall–Kier alpha value is -3.52. The van der Waals surface area contributed by atoms with E-state index in [1.54, 1.807) is 30.7 Å². The van der Waals surface area contributed by atoms with E-state index in [2.05, 4.69) is 15.5 Å². The molecule has 7 nitrogen and oxygen atoms in total. The number of carbonyl (C=O) groups excluding carboxylic acids is 2. The normalized spacial score (nSPS) is 10.7. The van der Waals surface area contributed by atoms with E-state index in [9.17, 15) is 9.59 Å². The van der Waals surface area contributed by atoms with Crippen molar-refractivity contribution in [3.8, 4) is 11.1 Å². The number of hydrogen-bond donors (Lipinski definition) is 1. The highest BCUT2D eigenvalue weighted by Crippen LogP contribution is 2.24. The zero-order valence-electron chi connectivity index (χ0n) is 16.6. The van der Waals surface area contributed by atoms with Gasteiger partial charge < -0.3 is 9.47 Å². The van der Waals surface area contributed by atoms with Crippen LogP contribution in [0.25, 0.3) is 11.1 Å². The van der Waals surface area contributed by atoms with Crippen LogP contribution in [0.15, 0.2) is 59.0 Å². The van der Waals surface area contributed by atoms with E-state index in [0.717, 1.165) is 16.7 Å². The van der Waals surface area contributed by atoms with Gasteiger partial charge in [-0.25, -0.2) is 9.78 Å². The van der Waals surface area contributed by atoms with Gasteiger partial charge in [-0.15, -0.1) is 11.3 Å². The van der Waals surface area contributed by atoms with Crippen molar-refractivity contribution in [2.75, 3.05) is 19.1 Å². The maximum atomic E-state index is 11.8. The maximum Gasteiger partial charge on any atom is 0.337 e. The Morgan fingerprint density at radius 3 is 2.83 bits per heavy atom. The quantitative estimate of drug-likeness (QED) is 0.333. The predicted octanol–water partition coefficient (Wildman–Crippen LogP) is 4.15. The fourth-order valence-electron chi connectivity index (χ4n) is 2.76. The number of nitrogens with one attached hydrogen (secondary N) is 1. The number of nitrogens with zero attached hydrogens (tertiary/aromatic N) is 2. The summed E-state index contributed by atoms with van der Waals surface area (Å²) in [6.45, 7) is 2.12. The monoisotopic (exact) mass is 423 g/mol. The van der Waals surface area contributed by atoms with Gasteiger partial charge in [0.05, 0.1) is 37.6 Å². The summed E-state index contributed by atoms with van der Waals surface area (Å²) >= 11 is 1.36. The molecule has 0 amide bonds. The van der Waals surface area contributed by atoms with Crippen molar-refractivity contribution < 1.29 is 19.1 Å². The summed E-state index contributed by atoms with van der Waals surface area (Å²) in [6.07, 6.45) is 1.82. The van der Waals surface area contributed by atoms with Crippen LogP contribution in [-0.2, 0) is 20.7 Å². The summed E-state index contributed by atoms with van der Waals surface area (Å²) < 4.78 is 9.73. The molecule has 3 rings (SSSR count). The lowest BCUT2D eigenvalue weighted by atomic mass is 9.98. The zero-order valence-corrected chi connectivity index (χ0v) is 17.4. The molecular formula is C22H21N3O4S. The molecule has 0 bridgehead atoms. The molecule has 0 radical (unpaired) electrons. The summed E-state index contributed by atoms with van der Waals surface area (Å²) in [5.41, 5.74) is 6.68. The molecule has 1 aromatic heterocycles. The molecule has 0 saturated heterocycles. The molecule has 0 aliphatic carbocycles. The zero-order chi connectivity index (χ0) is 21.3. The topological polar surface area (TPSA) is 89.9 Å². The molecule has 0 aliphatic heterocycles. The SMILES string of the molecule is CCOC(=O)Cc1csc(NN=Cc2ccccc2-c2cccc(C(=O)OC)c2)n1. The number of rotatable bonds is 8. The second kappa shape index (κ2) is 10.3. The van der Waals surface area contributed by atoms with Crippen LogP contribution in [0, 0.1) is 0 Å². The van der Waals surface area contributed by atoms with Gasteiger partial charge in [-0.1, -0.05) is 36.4 Å². The molecule has 8 heteroatoms. The first-order valence-electron chi connectivity index (χ1n) is 9.27. The second-order valence-corrected chi connectivity index (χ2v) is 7.01. The first-order chi connectivity index (χ1) is 14.6. The molecule has 30 heavy (non-hydrogen) atoms. The average Bonchev–Trinajstić information content (AvgIpc) is 3.20. The van der Waals surface area contributed by atoms with E-state index < -0.39 is 0 Å². The van der Waals surface area contributed by atoms with Crippen LogP contribution in [0.2, 0.25) is 0 Å². The van der Waals surface area contributed by atoms with Crippen molar-refractivity contribution >= 4 is 34.6 Å². The van der Waals surface area contributed by atoms with Crippen molar-refractivity contribution in [1.29, 1.82) is 0 Å². The van der Waals surface area contributed by atoms with Gasteiger partial charge in [-0.3, -0.25) is 10.2 Å². The van der Waals surface area contributed by atoms with E-state index in [-0.39, 0.29) is 18.4 Å². The summed E-state index contributed by atoms with van der Waals surface area (Å²) in [7, 11) is 1.36. The second-order valence-electron chi connectivity index (χ2n) is 6.16. The van der Waals surface area contributed by atoms with E-state index in [0.29, 0.717) is 23.0 Å². The van der Waals surface area contributed by atoms with Gasteiger partial charge >= 0.3 is 11.9 Å². The van der Waals surface area contributed by atoms with E-state index in [1.165, 1.54) is 18.4 Å². The van der Waals surface area contributed by atoms with Gasteiger partial charge in [0.15, 0.2) is 0 Å². The Bertz CT molecular complexity index is 1060. The molecular weight excluding hydrogens is 402 g/mol. The molecule has 0 unspecified atom stereocenters. The lowest BCUT2D eigenvalue weighted by Crippen LogP contribution is -2.07. The van der Waals surface area contributed by atoms with E-state index in [4.69, 9.17) is 9.47 Å². The molecule has 1 N–H and O–H groups in total. The number of thiazole rings is 1.